The van der Waals surface area contributed by atoms with Crippen LogP contribution in [-0.2, 0) is 16.0 Å². The molecule has 0 saturated carbocycles. The second kappa shape index (κ2) is 8.12. The Morgan fingerprint density at radius 3 is 2.77 bits per heavy atom. The van der Waals surface area contributed by atoms with Crippen molar-refractivity contribution in [1.29, 1.82) is 0 Å². The van der Waals surface area contributed by atoms with Crippen molar-refractivity contribution in [3.63, 3.8) is 0 Å². The third-order valence-corrected chi connectivity index (χ3v) is 4.50. The summed E-state index contributed by atoms with van der Waals surface area (Å²) in [5.74, 6) is 1.41. The molecule has 7 heteroatoms. The van der Waals surface area contributed by atoms with E-state index in [0.717, 1.165) is 5.56 Å². The van der Waals surface area contributed by atoms with Crippen molar-refractivity contribution in [2.24, 2.45) is 0 Å². The van der Waals surface area contributed by atoms with Crippen LogP contribution < -0.4 is 10.6 Å². The molecule has 2 N–H and O–H groups in total. The Labute approximate surface area is 152 Å². The Balaban J connectivity index is 1.50. The molecule has 1 aromatic heterocycles. The van der Waals surface area contributed by atoms with Crippen LogP contribution in [0.25, 0.3) is 11.4 Å². The summed E-state index contributed by atoms with van der Waals surface area (Å²) in [5.41, 5.74) is 2.15. The number of hydrogen-bond donors (Lipinski definition) is 2. The molecule has 26 heavy (non-hydrogen) atoms. The van der Waals surface area contributed by atoms with Crippen molar-refractivity contribution in [2.75, 3.05) is 6.54 Å². The zero-order chi connectivity index (χ0) is 18.5. The lowest BCUT2D eigenvalue weighted by Gasteiger charge is -2.23. The molecule has 1 fully saturated rings. The van der Waals surface area contributed by atoms with Gasteiger partial charge in [0.15, 0.2) is 0 Å². The molecule has 2 aromatic rings. The van der Waals surface area contributed by atoms with E-state index in [4.69, 9.17) is 4.52 Å². The third-order valence-electron chi connectivity index (χ3n) is 4.50. The van der Waals surface area contributed by atoms with Gasteiger partial charge >= 0.3 is 0 Å². The number of aryl methyl sites for hydroxylation is 1. The number of amides is 2. The first-order chi connectivity index (χ1) is 12.5. The van der Waals surface area contributed by atoms with Gasteiger partial charge in [0.1, 0.15) is 0 Å². The third kappa shape index (κ3) is 4.68. The average Bonchev–Trinajstić information content (AvgIpc) is 3.11. The second-order valence-electron chi connectivity index (χ2n) is 6.90. The van der Waals surface area contributed by atoms with Crippen molar-refractivity contribution >= 4 is 11.8 Å². The molecule has 0 bridgehead atoms. The standard InChI is InChI=1S/C19H24N4O3/c1-12(2)13-3-5-14(6-4-13)19-22-18(26-23-19)10-9-17(25)21-15-7-8-16(24)20-11-15/h3-6,12,15H,7-11H2,1-2H3,(H,20,24)(H,21,25). The first-order valence-corrected chi connectivity index (χ1v) is 9.00. The highest BCUT2D eigenvalue weighted by Crippen LogP contribution is 2.20. The van der Waals surface area contributed by atoms with Crippen LogP contribution in [0.1, 0.15) is 50.5 Å². The monoisotopic (exact) mass is 356 g/mol. The molecule has 0 spiro atoms. The van der Waals surface area contributed by atoms with Crippen molar-refractivity contribution in [1.82, 2.24) is 20.8 Å². The molecule has 1 aromatic carbocycles. The smallest absolute Gasteiger partial charge is 0.227 e. The maximum atomic E-state index is 12.0. The molecule has 0 aliphatic carbocycles. The van der Waals surface area contributed by atoms with Crippen molar-refractivity contribution in [3.8, 4) is 11.4 Å². The van der Waals surface area contributed by atoms with E-state index >= 15 is 0 Å². The minimum atomic E-state index is -0.0767. The van der Waals surface area contributed by atoms with Gasteiger partial charge in [-0.2, -0.15) is 4.98 Å². The molecule has 1 unspecified atom stereocenters. The summed E-state index contributed by atoms with van der Waals surface area (Å²) < 4.78 is 5.25. The highest BCUT2D eigenvalue weighted by atomic mass is 16.5. The molecule has 7 nitrogen and oxygen atoms in total. The lowest BCUT2D eigenvalue weighted by Crippen LogP contribution is -2.47. The van der Waals surface area contributed by atoms with Crippen molar-refractivity contribution < 1.29 is 14.1 Å². The topological polar surface area (TPSA) is 97.1 Å². The molecule has 2 heterocycles. The SMILES string of the molecule is CC(C)c1ccc(-c2noc(CCC(=O)NC3CCC(=O)NC3)n2)cc1. The Morgan fingerprint density at radius 1 is 1.35 bits per heavy atom. The number of carbonyl (C=O) groups excluding carboxylic acids is 2. The molecule has 2 amide bonds. The predicted octanol–water partition coefficient (Wildman–Crippen LogP) is 2.19. The Bertz CT molecular complexity index is 757. The summed E-state index contributed by atoms with van der Waals surface area (Å²) in [5, 5.41) is 9.67. The molecule has 1 aliphatic rings. The Kier molecular flexibility index (Phi) is 5.65. The van der Waals surface area contributed by atoms with Crippen LogP contribution in [-0.4, -0.2) is 34.5 Å². The second-order valence-corrected chi connectivity index (χ2v) is 6.90. The molecular formula is C19H24N4O3. The van der Waals surface area contributed by atoms with E-state index in [0.29, 0.717) is 43.4 Å². The number of rotatable bonds is 6. The Hall–Kier alpha value is -2.70. The van der Waals surface area contributed by atoms with Gasteiger partial charge in [0.2, 0.25) is 23.5 Å². The first kappa shape index (κ1) is 18.1. The van der Waals surface area contributed by atoms with E-state index in [9.17, 15) is 9.59 Å². The zero-order valence-electron chi connectivity index (χ0n) is 15.1. The highest BCUT2D eigenvalue weighted by molar-refractivity contribution is 5.79. The molecule has 0 radical (unpaired) electrons. The predicted molar refractivity (Wildman–Crippen MR) is 96.3 cm³/mol. The van der Waals surface area contributed by atoms with Gasteiger partial charge in [-0.1, -0.05) is 43.3 Å². The average molecular weight is 356 g/mol. The van der Waals surface area contributed by atoms with E-state index in [2.05, 4.69) is 46.8 Å². The fourth-order valence-corrected chi connectivity index (χ4v) is 2.87. The molecule has 1 atom stereocenters. The van der Waals surface area contributed by atoms with Crippen molar-refractivity contribution in [2.45, 2.75) is 51.5 Å². The van der Waals surface area contributed by atoms with Crippen LogP contribution in [0.4, 0.5) is 0 Å². The number of piperidine rings is 1. The van der Waals surface area contributed by atoms with E-state index < -0.39 is 0 Å². The number of aromatic nitrogens is 2. The zero-order valence-corrected chi connectivity index (χ0v) is 15.1. The number of benzene rings is 1. The van der Waals surface area contributed by atoms with Crippen LogP contribution in [0.15, 0.2) is 28.8 Å². The van der Waals surface area contributed by atoms with Gasteiger partial charge in [0.05, 0.1) is 0 Å². The van der Waals surface area contributed by atoms with Gasteiger partial charge in [-0.3, -0.25) is 9.59 Å². The van der Waals surface area contributed by atoms with Crippen LogP contribution in [0.5, 0.6) is 0 Å². The van der Waals surface area contributed by atoms with Gasteiger partial charge in [-0.05, 0) is 17.9 Å². The van der Waals surface area contributed by atoms with Gasteiger partial charge in [-0.15, -0.1) is 0 Å². The Morgan fingerprint density at radius 2 is 2.12 bits per heavy atom. The van der Waals surface area contributed by atoms with Gasteiger partial charge in [0.25, 0.3) is 0 Å². The summed E-state index contributed by atoms with van der Waals surface area (Å²) in [6, 6.07) is 8.08. The molecule has 3 rings (SSSR count). The fraction of sp³-hybridized carbons (Fsp3) is 0.474. The molecule has 138 valence electrons. The fourth-order valence-electron chi connectivity index (χ4n) is 2.87. The maximum absolute atomic E-state index is 12.0. The summed E-state index contributed by atoms with van der Waals surface area (Å²) >= 11 is 0. The lowest BCUT2D eigenvalue weighted by atomic mass is 10.0. The lowest BCUT2D eigenvalue weighted by molar-refractivity contribution is -0.125. The quantitative estimate of drug-likeness (QED) is 0.827. The van der Waals surface area contributed by atoms with E-state index in [-0.39, 0.29) is 24.3 Å². The minimum Gasteiger partial charge on any atom is -0.354 e. The number of carbonyl (C=O) groups is 2. The summed E-state index contributed by atoms with van der Waals surface area (Å²) in [6.45, 7) is 4.78. The molecule has 1 aliphatic heterocycles. The highest BCUT2D eigenvalue weighted by Gasteiger charge is 2.20. The number of hydrogen-bond acceptors (Lipinski definition) is 5. The van der Waals surface area contributed by atoms with E-state index in [1.165, 1.54) is 5.56 Å². The largest absolute Gasteiger partial charge is 0.354 e. The summed E-state index contributed by atoms with van der Waals surface area (Å²) in [4.78, 5) is 27.5. The number of nitrogens with zero attached hydrogens (tertiary/aromatic N) is 2. The van der Waals surface area contributed by atoms with Crippen LogP contribution in [0.2, 0.25) is 0 Å². The molecular weight excluding hydrogens is 332 g/mol. The van der Waals surface area contributed by atoms with Crippen LogP contribution in [0, 0.1) is 0 Å². The minimum absolute atomic E-state index is 0.00193. The van der Waals surface area contributed by atoms with Crippen LogP contribution in [0.3, 0.4) is 0 Å². The normalized spacial score (nSPS) is 17.2. The summed E-state index contributed by atoms with van der Waals surface area (Å²) in [6.07, 6.45) is 1.79. The van der Waals surface area contributed by atoms with Crippen LogP contribution >= 0.6 is 0 Å². The van der Waals surface area contributed by atoms with Gasteiger partial charge < -0.3 is 15.2 Å². The van der Waals surface area contributed by atoms with E-state index in [1.807, 2.05) is 12.1 Å². The molecule has 1 saturated heterocycles. The van der Waals surface area contributed by atoms with E-state index in [1.54, 1.807) is 0 Å². The van der Waals surface area contributed by atoms with Gasteiger partial charge in [-0.25, -0.2) is 0 Å². The number of nitrogens with one attached hydrogen (secondary N) is 2. The van der Waals surface area contributed by atoms with Gasteiger partial charge in [0, 0.05) is 37.4 Å². The first-order valence-electron chi connectivity index (χ1n) is 9.00. The van der Waals surface area contributed by atoms with Crippen molar-refractivity contribution in [3.05, 3.63) is 35.7 Å². The maximum Gasteiger partial charge on any atom is 0.227 e. The summed E-state index contributed by atoms with van der Waals surface area (Å²) in [7, 11) is 0.